The molecule has 1 N–H and O–H groups in total. The van der Waals surface area contributed by atoms with Crippen LogP contribution in [0.5, 0.6) is 0 Å². The second kappa shape index (κ2) is 4.40. The first-order valence-corrected chi connectivity index (χ1v) is 7.87. The number of rotatable bonds is 2. The van der Waals surface area contributed by atoms with Crippen LogP contribution in [0.15, 0.2) is 29.1 Å². The van der Waals surface area contributed by atoms with E-state index >= 15 is 0 Å². The summed E-state index contributed by atoms with van der Waals surface area (Å²) in [6.07, 6.45) is 5.84. The van der Waals surface area contributed by atoms with Crippen molar-refractivity contribution in [3.05, 3.63) is 40.5 Å². The Balaban J connectivity index is 1.93. The molecule has 0 amide bonds. The van der Waals surface area contributed by atoms with Crippen LogP contribution in [-0.4, -0.2) is 25.0 Å². The van der Waals surface area contributed by atoms with Gasteiger partial charge in [0, 0.05) is 16.9 Å². The van der Waals surface area contributed by atoms with Crippen LogP contribution in [-0.2, 0) is 12.5 Å². The van der Waals surface area contributed by atoms with Crippen LogP contribution in [0.3, 0.4) is 0 Å². The SMILES string of the molecule is CC1CC(c2cc(Br)c3cn[nH]c3c2)(c2nncn2C)C1. The second-order valence-electron chi connectivity index (χ2n) is 6.15. The fraction of sp³-hybridized carbons (Fsp3) is 0.400. The van der Waals surface area contributed by atoms with Crippen LogP contribution < -0.4 is 0 Å². The van der Waals surface area contributed by atoms with Gasteiger partial charge in [-0.1, -0.05) is 22.9 Å². The molecule has 1 fully saturated rings. The molecule has 4 rings (SSSR count). The molecular formula is C15H16BrN5. The van der Waals surface area contributed by atoms with Crippen molar-refractivity contribution >= 4 is 26.8 Å². The average Bonchev–Trinajstić information content (AvgIpc) is 3.03. The average molecular weight is 346 g/mol. The van der Waals surface area contributed by atoms with Gasteiger partial charge in [-0.3, -0.25) is 5.10 Å². The van der Waals surface area contributed by atoms with Crippen LogP contribution >= 0.6 is 15.9 Å². The van der Waals surface area contributed by atoms with Crippen molar-refractivity contribution < 1.29 is 0 Å². The minimum absolute atomic E-state index is 0.0352. The van der Waals surface area contributed by atoms with Crippen molar-refractivity contribution in [1.29, 1.82) is 0 Å². The Morgan fingerprint density at radius 2 is 2.19 bits per heavy atom. The quantitative estimate of drug-likeness (QED) is 0.775. The number of fused-ring (bicyclic) bond motifs is 1. The Morgan fingerprint density at radius 3 is 2.86 bits per heavy atom. The molecule has 21 heavy (non-hydrogen) atoms. The van der Waals surface area contributed by atoms with Gasteiger partial charge in [0.1, 0.15) is 12.2 Å². The maximum atomic E-state index is 4.39. The van der Waals surface area contributed by atoms with Crippen LogP contribution in [0.1, 0.15) is 31.2 Å². The predicted octanol–water partition coefficient (Wildman–Crippen LogP) is 3.17. The molecule has 2 heterocycles. The van der Waals surface area contributed by atoms with E-state index in [1.165, 1.54) is 5.56 Å². The maximum Gasteiger partial charge on any atom is 0.143 e. The summed E-state index contributed by atoms with van der Waals surface area (Å²) in [5.74, 6) is 1.75. The molecular weight excluding hydrogens is 330 g/mol. The number of hydrogen-bond acceptors (Lipinski definition) is 3. The van der Waals surface area contributed by atoms with Crippen molar-refractivity contribution in [3.63, 3.8) is 0 Å². The Morgan fingerprint density at radius 1 is 1.38 bits per heavy atom. The molecule has 0 unspecified atom stereocenters. The summed E-state index contributed by atoms with van der Waals surface area (Å²) >= 11 is 3.67. The summed E-state index contributed by atoms with van der Waals surface area (Å²) in [4.78, 5) is 0. The predicted molar refractivity (Wildman–Crippen MR) is 84.0 cm³/mol. The van der Waals surface area contributed by atoms with E-state index in [0.29, 0.717) is 5.92 Å². The van der Waals surface area contributed by atoms with Crippen LogP contribution in [0.4, 0.5) is 0 Å². The molecule has 0 radical (unpaired) electrons. The van der Waals surface area contributed by atoms with E-state index in [4.69, 9.17) is 0 Å². The lowest BCUT2D eigenvalue weighted by atomic mass is 9.58. The molecule has 1 saturated carbocycles. The molecule has 0 spiro atoms. The number of nitrogens with zero attached hydrogens (tertiary/aromatic N) is 4. The van der Waals surface area contributed by atoms with Gasteiger partial charge in [0.05, 0.1) is 17.1 Å². The van der Waals surface area contributed by atoms with E-state index < -0.39 is 0 Å². The summed E-state index contributed by atoms with van der Waals surface area (Å²) in [7, 11) is 2.02. The monoisotopic (exact) mass is 345 g/mol. The van der Waals surface area contributed by atoms with Crippen molar-refractivity contribution in [1.82, 2.24) is 25.0 Å². The molecule has 1 aliphatic carbocycles. The molecule has 3 aromatic rings. The number of aryl methyl sites for hydroxylation is 1. The molecule has 1 aliphatic rings. The molecule has 5 nitrogen and oxygen atoms in total. The second-order valence-corrected chi connectivity index (χ2v) is 7.00. The van der Waals surface area contributed by atoms with Gasteiger partial charge in [-0.15, -0.1) is 10.2 Å². The summed E-state index contributed by atoms with van der Waals surface area (Å²) in [5, 5.41) is 16.8. The largest absolute Gasteiger partial charge is 0.320 e. The standard InChI is InChI=1S/C15H16BrN5/c1-9-5-15(6-9,14-20-18-8-21(14)2)10-3-12(16)11-7-17-19-13(11)4-10/h3-4,7-9H,5-6H2,1-2H3,(H,17,19). The normalized spacial score (nSPS) is 25.2. The number of benzene rings is 1. The lowest BCUT2D eigenvalue weighted by molar-refractivity contribution is 0.185. The van der Waals surface area contributed by atoms with Crippen molar-refractivity contribution in [2.75, 3.05) is 0 Å². The summed E-state index contributed by atoms with van der Waals surface area (Å²) < 4.78 is 3.11. The van der Waals surface area contributed by atoms with Crippen molar-refractivity contribution in [2.24, 2.45) is 13.0 Å². The molecule has 108 valence electrons. The highest BCUT2D eigenvalue weighted by atomic mass is 79.9. The van der Waals surface area contributed by atoms with Gasteiger partial charge in [0.25, 0.3) is 0 Å². The zero-order valence-electron chi connectivity index (χ0n) is 12.0. The molecule has 0 bridgehead atoms. The van der Waals surface area contributed by atoms with Gasteiger partial charge >= 0.3 is 0 Å². The van der Waals surface area contributed by atoms with Crippen LogP contribution in [0, 0.1) is 5.92 Å². The number of aromatic nitrogens is 5. The first-order valence-electron chi connectivity index (χ1n) is 7.08. The number of aromatic amines is 1. The molecule has 0 atom stereocenters. The number of H-pyrrole nitrogens is 1. The lowest BCUT2D eigenvalue weighted by Crippen LogP contribution is -2.43. The van der Waals surface area contributed by atoms with Gasteiger partial charge in [0.15, 0.2) is 0 Å². The summed E-state index contributed by atoms with van der Waals surface area (Å²) in [5.41, 5.74) is 2.30. The van der Waals surface area contributed by atoms with E-state index in [9.17, 15) is 0 Å². The van der Waals surface area contributed by atoms with Crippen LogP contribution in [0.25, 0.3) is 10.9 Å². The molecule has 2 aromatic heterocycles. The molecule has 0 aliphatic heterocycles. The smallest absolute Gasteiger partial charge is 0.143 e. The zero-order valence-corrected chi connectivity index (χ0v) is 13.6. The third-order valence-electron chi connectivity index (χ3n) is 4.59. The van der Waals surface area contributed by atoms with Crippen molar-refractivity contribution in [3.8, 4) is 0 Å². The van der Waals surface area contributed by atoms with E-state index in [2.05, 4.69) is 55.4 Å². The van der Waals surface area contributed by atoms with Gasteiger partial charge < -0.3 is 4.57 Å². The van der Waals surface area contributed by atoms with E-state index in [0.717, 1.165) is 34.0 Å². The van der Waals surface area contributed by atoms with E-state index in [1.54, 1.807) is 6.33 Å². The number of hydrogen-bond donors (Lipinski definition) is 1. The Bertz CT molecular complexity index is 812. The van der Waals surface area contributed by atoms with Crippen LogP contribution in [0.2, 0.25) is 0 Å². The highest BCUT2D eigenvalue weighted by Gasteiger charge is 2.48. The van der Waals surface area contributed by atoms with Gasteiger partial charge in [-0.05, 0) is 36.5 Å². The fourth-order valence-corrected chi connectivity index (χ4v) is 4.24. The lowest BCUT2D eigenvalue weighted by Gasteiger charge is -2.46. The minimum Gasteiger partial charge on any atom is -0.320 e. The highest BCUT2D eigenvalue weighted by Crippen LogP contribution is 2.52. The minimum atomic E-state index is -0.0352. The molecule has 6 heteroatoms. The van der Waals surface area contributed by atoms with Gasteiger partial charge in [0.2, 0.25) is 0 Å². The maximum absolute atomic E-state index is 4.39. The summed E-state index contributed by atoms with van der Waals surface area (Å²) in [6.45, 7) is 2.29. The topological polar surface area (TPSA) is 59.4 Å². The first-order chi connectivity index (χ1) is 10.1. The zero-order chi connectivity index (χ0) is 14.6. The first kappa shape index (κ1) is 13.0. The van der Waals surface area contributed by atoms with Gasteiger partial charge in [-0.25, -0.2) is 0 Å². The third-order valence-corrected chi connectivity index (χ3v) is 5.25. The van der Waals surface area contributed by atoms with Gasteiger partial charge in [-0.2, -0.15) is 5.10 Å². The van der Waals surface area contributed by atoms with E-state index in [-0.39, 0.29) is 5.41 Å². The summed E-state index contributed by atoms with van der Waals surface area (Å²) in [6, 6.07) is 4.41. The van der Waals surface area contributed by atoms with Crippen molar-refractivity contribution in [2.45, 2.75) is 25.2 Å². The fourth-order valence-electron chi connectivity index (χ4n) is 3.68. The Kier molecular flexibility index (Phi) is 2.73. The Labute approximate surface area is 130 Å². The Hall–Kier alpha value is -1.69. The van der Waals surface area contributed by atoms with E-state index in [1.807, 2.05) is 17.8 Å². The highest BCUT2D eigenvalue weighted by molar-refractivity contribution is 9.10. The third kappa shape index (κ3) is 1.78. The number of nitrogens with one attached hydrogen (secondary N) is 1. The molecule has 1 aromatic carbocycles. The molecule has 0 saturated heterocycles. The number of halogens is 1.